The van der Waals surface area contributed by atoms with E-state index in [0.717, 1.165) is 12.1 Å². The quantitative estimate of drug-likeness (QED) is 0.574. The summed E-state index contributed by atoms with van der Waals surface area (Å²) in [6.07, 6.45) is 0.116. The molecule has 0 bridgehead atoms. The summed E-state index contributed by atoms with van der Waals surface area (Å²) in [5.74, 6) is -0.645. The van der Waals surface area contributed by atoms with Crippen LogP contribution in [-0.4, -0.2) is 26.0 Å². The molecule has 4 nitrogen and oxygen atoms in total. The summed E-state index contributed by atoms with van der Waals surface area (Å²) < 4.78 is 0. The van der Waals surface area contributed by atoms with Gasteiger partial charge in [-0.25, -0.2) is 0 Å². The van der Waals surface area contributed by atoms with Gasteiger partial charge in [-0.15, -0.1) is 0 Å². The number of phenolic OH excluding ortho intramolecular Hbond substituents is 3. The zero-order valence-electron chi connectivity index (χ0n) is 8.15. The third-order valence-electron chi connectivity index (χ3n) is 1.80. The van der Waals surface area contributed by atoms with E-state index in [0.29, 0.717) is 0 Å². The van der Waals surface area contributed by atoms with Crippen molar-refractivity contribution in [1.82, 2.24) is 0 Å². The maximum atomic E-state index is 9.50. The fourth-order valence-corrected chi connectivity index (χ4v) is 1.24. The van der Waals surface area contributed by atoms with Gasteiger partial charge in [0.15, 0.2) is 0 Å². The van der Waals surface area contributed by atoms with E-state index in [-0.39, 0.29) is 29.2 Å². The second-order valence-electron chi connectivity index (χ2n) is 3.95. The van der Waals surface area contributed by atoms with Gasteiger partial charge in [-0.05, 0) is 13.8 Å². The SMILES string of the molecule is CC(C)(O)Cc1c(O)cc(O)cc1O. The van der Waals surface area contributed by atoms with E-state index in [2.05, 4.69) is 0 Å². The van der Waals surface area contributed by atoms with Gasteiger partial charge < -0.3 is 20.4 Å². The molecule has 1 aromatic rings. The molecule has 4 heteroatoms. The lowest BCUT2D eigenvalue weighted by Gasteiger charge is -2.18. The molecule has 0 amide bonds. The average molecular weight is 198 g/mol. The average Bonchev–Trinajstić information content (AvgIpc) is 1.95. The van der Waals surface area contributed by atoms with Crippen LogP contribution in [0.15, 0.2) is 12.1 Å². The van der Waals surface area contributed by atoms with Gasteiger partial charge in [0, 0.05) is 24.1 Å². The summed E-state index contributed by atoms with van der Waals surface area (Å²) in [6.45, 7) is 3.14. The van der Waals surface area contributed by atoms with E-state index in [4.69, 9.17) is 5.11 Å². The van der Waals surface area contributed by atoms with E-state index in [1.165, 1.54) is 0 Å². The summed E-state index contributed by atoms with van der Waals surface area (Å²) >= 11 is 0. The van der Waals surface area contributed by atoms with Gasteiger partial charge in [0.2, 0.25) is 0 Å². The van der Waals surface area contributed by atoms with Gasteiger partial charge in [0.05, 0.1) is 5.60 Å². The van der Waals surface area contributed by atoms with Crippen molar-refractivity contribution < 1.29 is 20.4 Å². The Hall–Kier alpha value is -1.42. The molecule has 0 saturated carbocycles. The van der Waals surface area contributed by atoms with Gasteiger partial charge in [0.25, 0.3) is 0 Å². The smallest absolute Gasteiger partial charge is 0.126 e. The number of hydrogen-bond acceptors (Lipinski definition) is 4. The van der Waals surface area contributed by atoms with Crippen molar-refractivity contribution in [3.8, 4) is 17.2 Å². The molecule has 0 spiro atoms. The Bertz CT molecular complexity index is 315. The van der Waals surface area contributed by atoms with E-state index >= 15 is 0 Å². The van der Waals surface area contributed by atoms with Crippen LogP contribution in [0.4, 0.5) is 0 Å². The molecule has 0 radical (unpaired) electrons. The molecule has 14 heavy (non-hydrogen) atoms. The maximum Gasteiger partial charge on any atom is 0.126 e. The monoisotopic (exact) mass is 198 g/mol. The van der Waals surface area contributed by atoms with Crippen molar-refractivity contribution in [2.75, 3.05) is 0 Å². The highest BCUT2D eigenvalue weighted by Crippen LogP contribution is 2.34. The minimum Gasteiger partial charge on any atom is -0.508 e. The second-order valence-corrected chi connectivity index (χ2v) is 3.95. The zero-order valence-corrected chi connectivity index (χ0v) is 8.15. The van der Waals surface area contributed by atoms with Gasteiger partial charge in [-0.2, -0.15) is 0 Å². The lowest BCUT2D eigenvalue weighted by molar-refractivity contribution is 0.0795. The topological polar surface area (TPSA) is 80.9 Å². The van der Waals surface area contributed by atoms with Crippen LogP contribution in [0.2, 0.25) is 0 Å². The van der Waals surface area contributed by atoms with Crippen molar-refractivity contribution in [2.45, 2.75) is 25.9 Å². The number of phenols is 3. The summed E-state index contributed by atoms with van der Waals surface area (Å²) in [5, 5.41) is 37.3. The Morgan fingerprint density at radius 3 is 1.86 bits per heavy atom. The molecule has 78 valence electrons. The Morgan fingerprint density at radius 2 is 1.50 bits per heavy atom. The van der Waals surface area contributed by atoms with Crippen LogP contribution in [0, 0.1) is 0 Å². The Morgan fingerprint density at radius 1 is 1.07 bits per heavy atom. The van der Waals surface area contributed by atoms with Crippen molar-refractivity contribution >= 4 is 0 Å². The van der Waals surface area contributed by atoms with Gasteiger partial charge >= 0.3 is 0 Å². The predicted octanol–water partition coefficient (Wildman–Crippen LogP) is 1.12. The number of rotatable bonds is 2. The first-order valence-electron chi connectivity index (χ1n) is 4.26. The Kier molecular flexibility index (Phi) is 2.57. The van der Waals surface area contributed by atoms with E-state index in [1.807, 2.05) is 0 Å². The molecular formula is C10H14O4. The summed E-state index contributed by atoms with van der Waals surface area (Å²) in [7, 11) is 0. The first kappa shape index (κ1) is 10.7. The second kappa shape index (κ2) is 3.38. The summed E-state index contributed by atoms with van der Waals surface area (Å²) in [4.78, 5) is 0. The van der Waals surface area contributed by atoms with Crippen molar-refractivity contribution in [3.05, 3.63) is 17.7 Å². The van der Waals surface area contributed by atoms with E-state index in [1.54, 1.807) is 13.8 Å². The molecule has 0 aliphatic carbocycles. The molecule has 4 N–H and O–H groups in total. The normalized spacial score (nSPS) is 11.6. The Labute approximate surface area is 82.1 Å². The number of aliphatic hydroxyl groups is 1. The van der Waals surface area contributed by atoms with Crippen LogP contribution in [0.1, 0.15) is 19.4 Å². The van der Waals surface area contributed by atoms with E-state index < -0.39 is 5.60 Å². The first-order chi connectivity index (χ1) is 6.29. The standard InChI is InChI=1S/C10H14O4/c1-10(2,14)5-7-8(12)3-6(11)4-9(7)13/h3-4,11-14H,5H2,1-2H3. The third kappa shape index (κ3) is 2.53. The highest BCUT2D eigenvalue weighted by molar-refractivity contribution is 5.49. The molecule has 0 aliphatic heterocycles. The highest BCUT2D eigenvalue weighted by atomic mass is 16.3. The number of aromatic hydroxyl groups is 3. The van der Waals surface area contributed by atoms with Gasteiger partial charge in [-0.1, -0.05) is 0 Å². The summed E-state index contributed by atoms with van der Waals surface area (Å²) in [6, 6.07) is 2.25. The van der Waals surface area contributed by atoms with Gasteiger partial charge in [0.1, 0.15) is 17.2 Å². The molecule has 0 atom stereocenters. The number of benzene rings is 1. The van der Waals surface area contributed by atoms with Crippen LogP contribution in [0.25, 0.3) is 0 Å². The lowest BCUT2D eigenvalue weighted by atomic mass is 9.97. The fraction of sp³-hybridized carbons (Fsp3) is 0.400. The molecule has 0 aromatic heterocycles. The Balaban J connectivity index is 3.09. The molecule has 1 rings (SSSR count). The first-order valence-corrected chi connectivity index (χ1v) is 4.26. The van der Waals surface area contributed by atoms with Crippen molar-refractivity contribution in [2.24, 2.45) is 0 Å². The molecular weight excluding hydrogens is 184 g/mol. The van der Waals surface area contributed by atoms with Crippen LogP contribution in [-0.2, 0) is 6.42 Å². The van der Waals surface area contributed by atoms with Crippen molar-refractivity contribution in [3.63, 3.8) is 0 Å². The molecule has 0 aliphatic rings. The van der Waals surface area contributed by atoms with Crippen LogP contribution < -0.4 is 0 Å². The molecule has 0 unspecified atom stereocenters. The van der Waals surface area contributed by atoms with Crippen LogP contribution in [0.3, 0.4) is 0 Å². The zero-order chi connectivity index (χ0) is 10.9. The van der Waals surface area contributed by atoms with Crippen LogP contribution >= 0.6 is 0 Å². The van der Waals surface area contributed by atoms with E-state index in [9.17, 15) is 15.3 Å². The predicted molar refractivity (Wildman–Crippen MR) is 51.4 cm³/mol. The fourth-order valence-electron chi connectivity index (χ4n) is 1.24. The largest absolute Gasteiger partial charge is 0.508 e. The van der Waals surface area contributed by atoms with Crippen LogP contribution in [0.5, 0.6) is 17.2 Å². The maximum absolute atomic E-state index is 9.50. The third-order valence-corrected chi connectivity index (χ3v) is 1.80. The summed E-state index contributed by atoms with van der Waals surface area (Å²) in [5.41, 5.74) is -0.790. The molecule has 0 saturated heterocycles. The molecule has 0 heterocycles. The van der Waals surface area contributed by atoms with Gasteiger partial charge in [-0.3, -0.25) is 0 Å². The highest BCUT2D eigenvalue weighted by Gasteiger charge is 2.19. The number of hydrogen-bond donors (Lipinski definition) is 4. The molecule has 0 fully saturated rings. The van der Waals surface area contributed by atoms with Crippen molar-refractivity contribution in [1.29, 1.82) is 0 Å². The minimum absolute atomic E-state index is 0.116. The molecule has 1 aromatic carbocycles. The lowest BCUT2D eigenvalue weighted by Crippen LogP contribution is -2.21. The minimum atomic E-state index is -1.02.